The Hall–Kier alpha value is -2.09. The Balaban J connectivity index is 0.000000433. The molecule has 0 saturated heterocycles. The summed E-state index contributed by atoms with van der Waals surface area (Å²) in [5.74, 6) is 1.89. The van der Waals surface area contributed by atoms with E-state index in [0.29, 0.717) is 0 Å². The van der Waals surface area contributed by atoms with Crippen molar-refractivity contribution in [2.45, 2.75) is 46.0 Å². The highest BCUT2D eigenvalue weighted by atomic mass is 16.5. The summed E-state index contributed by atoms with van der Waals surface area (Å²) in [6.07, 6.45) is 3.72. The van der Waals surface area contributed by atoms with Gasteiger partial charge in [-0.15, -0.1) is 0 Å². The van der Waals surface area contributed by atoms with Crippen LogP contribution in [0.3, 0.4) is 0 Å². The molecule has 0 N–H and O–H groups in total. The van der Waals surface area contributed by atoms with Gasteiger partial charge in [0.2, 0.25) is 0 Å². The van der Waals surface area contributed by atoms with Crippen LogP contribution in [0.25, 0.3) is 11.1 Å². The summed E-state index contributed by atoms with van der Waals surface area (Å²) in [6.45, 7) is 5.25. The quantitative estimate of drug-likeness (QED) is 0.756. The molecule has 0 bridgehead atoms. The Morgan fingerprint density at radius 3 is 2.35 bits per heavy atom. The summed E-state index contributed by atoms with van der Waals surface area (Å²) < 4.78 is 5.45. The Kier molecular flexibility index (Phi) is 5.97. The van der Waals surface area contributed by atoms with Gasteiger partial charge in [0.1, 0.15) is 11.5 Å². The largest absolute Gasteiger partial charge is 0.497 e. The third kappa shape index (κ3) is 5.24. The van der Waals surface area contributed by atoms with Crippen molar-refractivity contribution in [1.29, 1.82) is 0 Å². The van der Waals surface area contributed by atoms with Crippen LogP contribution in [0.2, 0.25) is 0 Å². The molecule has 0 heterocycles. The summed E-state index contributed by atoms with van der Waals surface area (Å²) in [7, 11) is 1.75. The highest BCUT2D eigenvalue weighted by Gasteiger charge is 2.24. The number of benzene rings is 2. The zero-order chi connectivity index (χ0) is 16.8. The molecule has 1 fully saturated rings. The lowest BCUT2D eigenvalue weighted by molar-refractivity contribution is -0.114. The zero-order valence-electron chi connectivity index (χ0n) is 14.6. The van der Waals surface area contributed by atoms with Crippen molar-refractivity contribution in [3.8, 4) is 16.9 Å². The van der Waals surface area contributed by atoms with Crippen molar-refractivity contribution >= 4 is 5.78 Å². The maximum absolute atomic E-state index is 9.44. The predicted octanol–water partition coefficient (Wildman–Crippen LogP) is 5.40. The Morgan fingerprint density at radius 2 is 1.78 bits per heavy atom. The van der Waals surface area contributed by atoms with Crippen LogP contribution in [-0.2, 0) is 11.2 Å². The molecule has 1 aliphatic rings. The summed E-state index contributed by atoms with van der Waals surface area (Å²) in [5.41, 5.74) is 5.38. The smallest absolute Gasteiger partial charge is 0.126 e. The molecule has 2 aromatic rings. The lowest BCUT2D eigenvalue weighted by Crippen LogP contribution is -1.89. The first kappa shape index (κ1) is 17.3. The van der Waals surface area contributed by atoms with Gasteiger partial charge in [-0.2, -0.15) is 0 Å². The van der Waals surface area contributed by atoms with Gasteiger partial charge in [-0.1, -0.05) is 37.3 Å². The average Bonchev–Trinajstić information content (AvgIpc) is 3.39. The standard InChI is InChI=1S/C18H20O.C3H6O/c1-3-13-5-4-6-15(9-13)17-10-16(14-7-8-14)11-18(12-17)19-2;1-3(2)4/h4-6,9-12,14H,3,7-8H2,1-2H3;1-2H3. The number of ketones is 1. The number of Topliss-reactive ketones (excluding diaryl/α,β-unsaturated/α-hetero) is 1. The van der Waals surface area contributed by atoms with E-state index in [2.05, 4.69) is 49.4 Å². The summed E-state index contributed by atoms with van der Waals surface area (Å²) in [5, 5.41) is 0. The highest BCUT2D eigenvalue weighted by molar-refractivity contribution is 5.72. The van der Waals surface area contributed by atoms with Crippen molar-refractivity contribution < 1.29 is 9.53 Å². The maximum atomic E-state index is 9.44. The van der Waals surface area contributed by atoms with Crippen LogP contribution in [0.4, 0.5) is 0 Å². The second-order valence-electron chi connectivity index (χ2n) is 6.23. The molecule has 3 rings (SSSR count). The first-order valence-electron chi connectivity index (χ1n) is 8.29. The zero-order valence-corrected chi connectivity index (χ0v) is 14.6. The van der Waals surface area contributed by atoms with Gasteiger partial charge in [-0.25, -0.2) is 0 Å². The normalized spacial score (nSPS) is 13.0. The third-order valence-electron chi connectivity index (χ3n) is 3.88. The van der Waals surface area contributed by atoms with Crippen LogP contribution in [0.15, 0.2) is 42.5 Å². The number of aryl methyl sites for hydroxylation is 1. The summed E-state index contributed by atoms with van der Waals surface area (Å²) in [6, 6.07) is 15.5. The van der Waals surface area contributed by atoms with Crippen molar-refractivity contribution in [2.75, 3.05) is 7.11 Å². The molecule has 122 valence electrons. The topological polar surface area (TPSA) is 26.3 Å². The number of hydrogen-bond donors (Lipinski definition) is 0. The fourth-order valence-electron chi connectivity index (χ4n) is 2.53. The number of carbonyl (C=O) groups is 1. The van der Waals surface area contributed by atoms with Crippen LogP contribution in [-0.4, -0.2) is 12.9 Å². The minimum Gasteiger partial charge on any atom is -0.497 e. The van der Waals surface area contributed by atoms with E-state index < -0.39 is 0 Å². The monoisotopic (exact) mass is 310 g/mol. The maximum Gasteiger partial charge on any atom is 0.126 e. The number of rotatable bonds is 4. The first-order valence-corrected chi connectivity index (χ1v) is 8.29. The Morgan fingerprint density at radius 1 is 1.09 bits per heavy atom. The lowest BCUT2D eigenvalue weighted by atomic mass is 9.98. The van der Waals surface area contributed by atoms with Gasteiger partial charge < -0.3 is 9.53 Å². The van der Waals surface area contributed by atoms with Crippen molar-refractivity contribution in [3.63, 3.8) is 0 Å². The second kappa shape index (κ2) is 7.96. The molecule has 0 amide bonds. The molecule has 0 radical (unpaired) electrons. The van der Waals surface area contributed by atoms with Crippen LogP contribution in [0.1, 0.15) is 50.7 Å². The second-order valence-corrected chi connectivity index (χ2v) is 6.23. The van der Waals surface area contributed by atoms with Crippen LogP contribution in [0.5, 0.6) is 5.75 Å². The lowest BCUT2D eigenvalue weighted by Gasteiger charge is -2.10. The van der Waals surface area contributed by atoms with E-state index in [0.717, 1.165) is 18.1 Å². The highest BCUT2D eigenvalue weighted by Crippen LogP contribution is 2.42. The summed E-state index contributed by atoms with van der Waals surface area (Å²) >= 11 is 0. The van der Waals surface area contributed by atoms with Gasteiger partial charge in [0.15, 0.2) is 0 Å². The molecule has 23 heavy (non-hydrogen) atoms. The van der Waals surface area contributed by atoms with E-state index >= 15 is 0 Å². The van der Waals surface area contributed by atoms with Crippen molar-refractivity contribution in [3.05, 3.63) is 53.6 Å². The average molecular weight is 310 g/mol. The first-order chi connectivity index (χ1) is 11.0. The van der Waals surface area contributed by atoms with Gasteiger partial charge in [0.05, 0.1) is 7.11 Å². The van der Waals surface area contributed by atoms with E-state index in [1.54, 1.807) is 7.11 Å². The third-order valence-corrected chi connectivity index (χ3v) is 3.88. The fraction of sp³-hybridized carbons (Fsp3) is 0.381. The molecule has 0 unspecified atom stereocenters. The molecule has 0 spiro atoms. The molecule has 0 atom stereocenters. The molecule has 0 aromatic heterocycles. The Labute approximate surface area is 139 Å². The van der Waals surface area contributed by atoms with Gasteiger partial charge in [-0.05, 0) is 73.4 Å². The predicted molar refractivity (Wildman–Crippen MR) is 96.1 cm³/mol. The van der Waals surface area contributed by atoms with E-state index in [1.807, 2.05) is 0 Å². The molecule has 2 heteroatoms. The van der Waals surface area contributed by atoms with Crippen molar-refractivity contribution in [1.82, 2.24) is 0 Å². The number of hydrogen-bond acceptors (Lipinski definition) is 2. The molecule has 0 aliphatic heterocycles. The number of carbonyl (C=O) groups excluding carboxylic acids is 1. The summed E-state index contributed by atoms with van der Waals surface area (Å²) in [4.78, 5) is 9.44. The van der Waals surface area contributed by atoms with Gasteiger partial charge in [0.25, 0.3) is 0 Å². The molecule has 2 nitrogen and oxygen atoms in total. The van der Waals surface area contributed by atoms with Crippen LogP contribution < -0.4 is 4.74 Å². The van der Waals surface area contributed by atoms with Crippen LogP contribution in [0, 0.1) is 0 Å². The van der Waals surface area contributed by atoms with E-state index in [9.17, 15) is 4.79 Å². The van der Waals surface area contributed by atoms with Gasteiger partial charge >= 0.3 is 0 Å². The van der Waals surface area contributed by atoms with Gasteiger partial charge in [-0.3, -0.25) is 0 Å². The van der Waals surface area contributed by atoms with Crippen molar-refractivity contribution in [2.24, 2.45) is 0 Å². The Bertz CT molecular complexity index is 665. The molecule has 1 saturated carbocycles. The minimum absolute atomic E-state index is 0.167. The SMILES string of the molecule is CC(C)=O.CCc1cccc(-c2cc(OC)cc(C3CC3)c2)c1. The fourth-order valence-corrected chi connectivity index (χ4v) is 2.53. The van der Waals surface area contributed by atoms with Gasteiger partial charge in [0, 0.05) is 0 Å². The number of ether oxygens (including phenoxy) is 1. The molecule has 1 aliphatic carbocycles. The molecular formula is C21H26O2. The van der Waals surface area contributed by atoms with E-state index in [1.165, 1.54) is 48.9 Å². The molecular weight excluding hydrogens is 284 g/mol. The molecule has 2 aromatic carbocycles. The number of methoxy groups -OCH3 is 1. The van der Waals surface area contributed by atoms with E-state index in [-0.39, 0.29) is 5.78 Å². The minimum atomic E-state index is 0.167. The van der Waals surface area contributed by atoms with E-state index in [4.69, 9.17) is 4.74 Å². The van der Waals surface area contributed by atoms with Crippen LogP contribution >= 0.6 is 0 Å².